The van der Waals surface area contributed by atoms with Gasteiger partial charge in [-0.05, 0) is 12.8 Å². The summed E-state index contributed by atoms with van der Waals surface area (Å²) in [4.78, 5) is 6.67. The van der Waals surface area contributed by atoms with Crippen molar-refractivity contribution in [3.05, 3.63) is 11.1 Å². The lowest BCUT2D eigenvalue weighted by Crippen LogP contribution is -2.32. The Morgan fingerprint density at radius 3 is 3.27 bits per heavy atom. The molecular formula is C10H16N2O2S. The molecule has 1 saturated heterocycles. The largest absolute Gasteiger partial charge is 0.390 e. The van der Waals surface area contributed by atoms with Crippen LogP contribution in [0, 0.1) is 0 Å². The van der Waals surface area contributed by atoms with Gasteiger partial charge in [0.15, 0.2) is 5.13 Å². The van der Waals surface area contributed by atoms with Gasteiger partial charge in [-0.1, -0.05) is 0 Å². The molecule has 0 aromatic carbocycles. The molecule has 84 valence electrons. The summed E-state index contributed by atoms with van der Waals surface area (Å²) >= 11 is 1.60. The molecule has 5 heteroatoms. The van der Waals surface area contributed by atoms with E-state index in [1.165, 1.54) is 12.8 Å². The summed E-state index contributed by atoms with van der Waals surface area (Å²) in [5.74, 6) is 0. The van der Waals surface area contributed by atoms with Crippen LogP contribution < -0.4 is 4.90 Å². The van der Waals surface area contributed by atoms with Crippen LogP contribution in [0.2, 0.25) is 0 Å². The molecule has 2 heterocycles. The standard InChI is InChI=1S/C10H16N2O2S/c1-14-6-9-3-2-4-12(9)10-11-8(5-13)7-15-10/h7,9,13H,2-6H2,1H3/t9-/m0/s1. The number of aliphatic hydroxyl groups is 1. The summed E-state index contributed by atoms with van der Waals surface area (Å²) in [7, 11) is 1.73. The van der Waals surface area contributed by atoms with Gasteiger partial charge in [-0.15, -0.1) is 11.3 Å². The second-order valence-corrected chi connectivity index (χ2v) is 4.56. The van der Waals surface area contributed by atoms with Crippen LogP contribution in [0.3, 0.4) is 0 Å². The molecule has 0 spiro atoms. The van der Waals surface area contributed by atoms with E-state index in [-0.39, 0.29) is 6.61 Å². The first-order valence-corrected chi connectivity index (χ1v) is 6.04. The van der Waals surface area contributed by atoms with Crippen molar-refractivity contribution in [1.82, 2.24) is 4.98 Å². The van der Waals surface area contributed by atoms with Crippen molar-refractivity contribution >= 4 is 16.5 Å². The van der Waals surface area contributed by atoms with Crippen LogP contribution in [0.15, 0.2) is 5.38 Å². The molecule has 1 fully saturated rings. The number of thiazole rings is 1. The van der Waals surface area contributed by atoms with Gasteiger partial charge in [0.1, 0.15) is 0 Å². The van der Waals surface area contributed by atoms with Crippen LogP contribution in [-0.2, 0) is 11.3 Å². The third-order valence-electron chi connectivity index (χ3n) is 2.68. The summed E-state index contributed by atoms with van der Waals surface area (Å²) in [5, 5.41) is 11.9. The molecular weight excluding hydrogens is 212 g/mol. The number of hydrogen-bond donors (Lipinski definition) is 1. The molecule has 0 aliphatic carbocycles. The maximum Gasteiger partial charge on any atom is 0.185 e. The van der Waals surface area contributed by atoms with E-state index >= 15 is 0 Å². The van der Waals surface area contributed by atoms with Gasteiger partial charge in [0.05, 0.1) is 24.9 Å². The second-order valence-electron chi connectivity index (χ2n) is 3.72. The van der Waals surface area contributed by atoms with Gasteiger partial charge in [-0.3, -0.25) is 0 Å². The number of anilines is 1. The van der Waals surface area contributed by atoms with Gasteiger partial charge >= 0.3 is 0 Å². The fraction of sp³-hybridized carbons (Fsp3) is 0.700. The van der Waals surface area contributed by atoms with Gasteiger partial charge in [0, 0.05) is 19.0 Å². The predicted octanol–water partition coefficient (Wildman–Crippen LogP) is 1.25. The molecule has 0 unspecified atom stereocenters. The third-order valence-corrected chi connectivity index (χ3v) is 3.61. The molecule has 0 saturated carbocycles. The second kappa shape index (κ2) is 4.92. The highest BCUT2D eigenvalue weighted by Gasteiger charge is 2.26. The number of aliphatic hydroxyl groups excluding tert-OH is 1. The van der Waals surface area contributed by atoms with Crippen molar-refractivity contribution in [3.8, 4) is 0 Å². The first-order valence-electron chi connectivity index (χ1n) is 5.16. The maximum absolute atomic E-state index is 8.96. The molecule has 0 radical (unpaired) electrons. The average Bonchev–Trinajstić information content (AvgIpc) is 2.85. The Morgan fingerprint density at radius 1 is 1.73 bits per heavy atom. The van der Waals surface area contributed by atoms with E-state index < -0.39 is 0 Å². The first kappa shape index (κ1) is 10.9. The SMILES string of the molecule is COC[C@@H]1CCCN1c1nc(CO)cs1. The predicted molar refractivity (Wildman–Crippen MR) is 60.3 cm³/mol. The zero-order valence-electron chi connectivity index (χ0n) is 8.85. The number of methoxy groups -OCH3 is 1. The quantitative estimate of drug-likeness (QED) is 0.842. The fourth-order valence-corrected chi connectivity index (χ4v) is 2.87. The van der Waals surface area contributed by atoms with Crippen molar-refractivity contribution < 1.29 is 9.84 Å². The average molecular weight is 228 g/mol. The lowest BCUT2D eigenvalue weighted by atomic mass is 10.2. The minimum atomic E-state index is 0.0271. The van der Waals surface area contributed by atoms with E-state index in [1.807, 2.05) is 5.38 Å². The summed E-state index contributed by atoms with van der Waals surface area (Å²) in [6.07, 6.45) is 2.37. The molecule has 0 bridgehead atoms. The Hall–Kier alpha value is -0.650. The fourth-order valence-electron chi connectivity index (χ4n) is 1.95. The van der Waals surface area contributed by atoms with Gasteiger partial charge in [0.25, 0.3) is 0 Å². The Kier molecular flexibility index (Phi) is 3.56. The van der Waals surface area contributed by atoms with Crippen LogP contribution in [0.4, 0.5) is 5.13 Å². The Bertz CT molecular complexity index is 316. The number of ether oxygens (including phenoxy) is 1. The molecule has 2 rings (SSSR count). The van der Waals surface area contributed by atoms with E-state index in [0.717, 1.165) is 24.0 Å². The van der Waals surface area contributed by atoms with Gasteiger partial charge in [-0.2, -0.15) is 0 Å². The monoisotopic (exact) mass is 228 g/mol. The molecule has 1 aromatic rings. The smallest absolute Gasteiger partial charge is 0.185 e. The van der Waals surface area contributed by atoms with Crippen LogP contribution in [0.1, 0.15) is 18.5 Å². The highest BCUT2D eigenvalue weighted by molar-refractivity contribution is 7.13. The Labute approximate surface area is 93.5 Å². The van der Waals surface area contributed by atoms with Crippen LogP contribution in [0.25, 0.3) is 0 Å². The van der Waals surface area contributed by atoms with Gasteiger partial charge in [-0.25, -0.2) is 4.98 Å². The third kappa shape index (κ3) is 2.30. The summed E-state index contributed by atoms with van der Waals surface area (Å²) < 4.78 is 5.20. The molecule has 1 N–H and O–H groups in total. The molecule has 4 nitrogen and oxygen atoms in total. The minimum Gasteiger partial charge on any atom is -0.390 e. The number of rotatable bonds is 4. The zero-order chi connectivity index (χ0) is 10.7. The van der Waals surface area contributed by atoms with Crippen molar-refractivity contribution in [2.45, 2.75) is 25.5 Å². The van der Waals surface area contributed by atoms with Crippen molar-refractivity contribution in [3.63, 3.8) is 0 Å². The van der Waals surface area contributed by atoms with E-state index in [1.54, 1.807) is 18.4 Å². The molecule has 1 aliphatic rings. The van der Waals surface area contributed by atoms with Gasteiger partial charge < -0.3 is 14.7 Å². The molecule has 0 amide bonds. The molecule has 1 aromatic heterocycles. The number of nitrogens with zero attached hydrogens (tertiary/aromatic N) is 2. The van der Waals surface area contributed by atoms with Crippen molar-refractivity contribution in [2.75, 3.05) is 25.2 Å². The number of aromatic nitrogens is 1. The van der Waals surface area contributed by atoms with E-state index in [4.69, 9.17) is 9.84 Å². The summed E-state index contributed by atoms with van der Waals surface area (Å²) in [6.45, 7) is 1.83. The van der Waals surface area contributed by atoms with Crippen molar-refractivity contribution in [1.29, 1.82) is 0 Å². The highest BCUT2D eigenvalue weighted by Crippen LogP contribution is 2.28. The summed E-state index contributed by atoms with van der Waals surface area (Å²) in [6, 6.07) is 0.452. The highest BCUT2D eigenvalue weighted by atomic mass is 32.1. The van der Waals surface area contributed by atoms with E-state index in [2.05, 4.69) is 9.88 Å². The minimum absolute atomic E-state index is 0.0271. The van der Waals surface area contributed by atoms with E-state index in [9.17, 15) is 0 Å². The van der Waals surface area contributed by atoms with Gasteiger partial charge in [0.2, 0.25) is 0 Å². The maximum atomic E-state index is 8.96. The zero-order valence-corrected chi connectivity index (χ0v) is 9.66. The van der Waals surface area contributed by atoms with Crippen molar-refractivity contribution in [2.24, 2.45) is 0 Å². The van der Waals surface area contributed by atoms with E-state index in [0.29, 0.717) is 6.04 Å². The lowest BCUT2D eigenvalue weighted by molar-refractivity contribution is 0.181. The normalized spacial score (nSPS) is 21.2. The van der Waals surface area contributed by atoms with Crippen LogP contribution in [-0.4, -0.2) is 36.4 Å². The molecule has 15 heavy (non-hydrogen) atoms. The first-order chi connectivity index (χ1) is 7.35. The Balaban J connectivity index is 2.08. The lowest BCUT2D eigenvalue weighted by Gasteiger charge is -2.23. The molecule has 1 atom stereocenters. The summed E-state index contributed by atoms with van der Waals surface area (Å²) in [5.41, 5.74) is 0.762. The van der Waals surface area contributed by atoms with Crippen LogP contribution >= 0.6 is 11.3 Å². The topological polar surface area (TPSA) is 45.6 Å². The Morgan fingerprint density at radius 2 is 2.60 bits per heavy atom. The van der Waals surface area contributed by atoms with Crippen LogP contribution in [0.5, 0.6) is 0 Å². The number of hydrogen-bond acceptors (Lipinski definition) is 5. The molecule has 1 aliphatic heterocycles.